The molecule has 88 valence electrons. The van der Waals surface area contributed by atoms with Crippen LogP contribution in [0.2, 0.25) is 0 Å². The third-order valence-electron chi connectivity index (χ3n) is 1.90. The molecule has 0 saturated carbocycles. The van der Waals surface area contributed by atoms with Gasteiger partial charge in [-0.15, -0.1) is 11.6 Å². The summed E-state index contributed by atoms with van der Waals surface area (Å²) >= 11 is 5.47. The summed E-state index contributed by atoms with van der Waals surface area (Å²) < 4.78 is 0. The van der Waals surface area contributed by atoms with Crippen molar-refractivity contribution in [3.05, 3.63) is 0 Å². The molecule has 0 spiro atoms. The maximum Gasteiger partial charge on any atom is 0.239 e. The van der Waals surface area contributed by atoms with Crippen LogP contribution in [0.25, 0.3) is 0 Å². The Morgan fingerprint density at radius 1 is 1.40 bits per heavy atom. The third-order valence-corrected chi connectivity index (χ3v) is 2.17. The van der Waals surface area contributed by atoms with Crippen LogP contribution in [-0.2, 0) is 9.59 Å². The molecule has 1 N–H and O–H groups in total. The van der Waals surface area contributed by atoms with Gasteiger partial charge in [0.05, 0.1) is 6.54 Å². The fourth-order valence-electron chi connectivity index (χ4n) is 1.03. The standard InChI is InChI=1S/C10H19ClN2O2/c1-3-7-12-9(14)8-13(2)10(15)5-4-6-11/h3-8H2,1-2H3,(H,12,14). The molecule has 0 unspecified atom stereocenters. The molecule has 0 saturated heterocycles. The van der Waals surface area contributed by atoms with Crippen LogP contribution in [0.5, 0.6) is 0 Å². The van der Waals surface area contributed by atoms with E-state index in [0.717, 1.165) is 6.42 Å². The summed E-state index contributed by atoms with van der Waals surface area (Å²) in [6.07, 6.45) is 1.96. The van der Waals surface area contributed by atoms with Crippen molar-refractivity contribution in [1.29, 1.82) is 0 Å². The Hall–Kier alpha value is -0.770. The zero-order valence-corrected chi connectivity index (χ0v) is 10.1. The van der Waals surface area contributed by atoms with Crippen molar-refractivity contribution < 1.29 is 9.59 Å². The summed E-state index contributed by atoms with van der Waals surface area (Å²) in [6, 6.07) is 0. The summed E-state index contributed by atoms with van der Waals surface area (Å²) in [5.74, 6) is 0.322. The van der Waals surface area contributed by atoms with Crippen molar-refractivity contribution in [3.63, 3.8) is 0 Å². The Bertz CT molecular complexity index is 210. The minimum Gasteiger partial charge on any atom is -0.355 e. The van der Waals surface area contributed by atoms with E-state index in [1.807, 2.05) is 6.92 Å². The molecule has 0 fully saturated rings. The molecule has 0 rings (SSSR count). The van der Waals surface area contributed by atoms with Crippen molar-refractivity contribution in [2.75, 3.05) is 26.0 Å². The van der Waals surface area contributed by atoms with Crippen LogP contribution in [0.3, 0.4) is 0 Å². The quantitative estimate of drug-likeness (QED) is 0.668. The van der Waals surface area contributed by atoms with E-state index >= 15 is 0 Å². The van der Waals surface area contributed by atoms with Gasteiger partial charge in [0.25, 0.3) is 0 Å². The molecule has 0 aliphatic carbocycles. The lowest BCUT2D eigenvalue weighted by Gasteiger charge is -2.16. The van der Waals surface area contributed by atoms with Gasteiger partial charge in [-0.3, -0.25) is 9.59 Å². The number of rotatable bonds is 7. The SMILES string of the molecule is CCCNC(=O)CN(C)C(=O)CCCCl. The van der Waals surface area contributed by atoms with Gasteiger partial charge in [-0.05, 0) is 12.8 Å². The first kappa shape index (κ1) is 14.2. The molecule has 0 aromatic carbocycles. The first-order chi connectivity index (χ1) is 7.11. The average molecular weight is 235 g/mol. The maximum atomic E-state index is 11.4. The van der Waals surface area contributed by atoms with Gasteiger partial charge in [0.1, 0.15) is 0 Å². The van der Waals surface area contributed by atoms with E-state index in [1.54, 1.807) is 7.05 Å². The van der Waals surface area contributed by atoms with Crippen molar-refractivity contribution >= 4 is 23.4 Å². The van der Waals surface area contributed by atoms with Crippen LogP contribution in [0, 0.1) is 0 Å². The largest absolute Gasteiger partial charge is 0.355 e. The predicted octanol–water partition coefficient (Wildman–Crippen LogP) is 0.990. The van der Waals surface area contributed by atoms with Gasteiger partial charge >= 0.3 is 0 Å². The van der Waals surface area contributed by atoms with E-state index in [-0.39, 0.29) is 18.4 Å². The number of carbonyl (C=O) groups is 2. The van der Waals surface area contributed by atoms with Crippen LogP contribution in [0.15, 0.2) is 0 Å². The first-order valence-electron chi connectivity index (χ1n) is 5.18. The van der Waals surface area contributed by atoms with E-state index in [1.165, 1.54) is 4.90 Å². The summed E-state index contributed by atoms with van der Waals surface area (Å²) in [5.41, 5.74) is 0. The molecule has 0 radical (unpaired) electrons. The zero-order chi connectivity index (χ0) is 11.7. The Kier molecular flexibility index (Phi) is 8.09. The number of alkyl halides is 1. The molecular formula is C10H19ClN2O2. The number of carbonyl (C=O) groups excluding carboxylic acids is 2. The summed E-state index contributed by atoms with van der Waals surface area (Å²) in [5, 5.41) is 2.72. The first-order valence-corrected chi connectivity index (χ1v) is 5.71. The highest BCUT2D eigenvalue weighted by Gasteiger charge is 2.11. The molecule has 4 nitrogen and oxygen atoms in total. The van der Waals surface area contributed by atoms with Crippen LogP contribution < -0.4 is 5.32 Å². The Morgan fingerprint density at radius 3 is 2.60 bits per heavy atom. The predicted molar refractivity (Wildman–Crippen MR) is 60.9 cm³/mol. The van der Waals surface area contributed by atoms with E-state index in [4.69, 9.17) is 11.6 Å². The van der Waals surface area contributed by atoms with Crippen LogP contribution in [0.4, 0.5) is 0 Å². The highest BCUT2D eigenvalue weighted by atomic mass is 35.5. The molecule has 0 bridgehead atoms. The normalized spacial score (nSPS) is 9.80. The number of hydrogen-bond donors (Lipinski definition) is 1. The molecule has 0 aromatic heterocycles. The molecular weight excluding hydrogens is 216 g/mol. The van der Waals surface area contributed by atoms with Crippen molar-refractivity contribution in [1.82, 2.24) is 10.2 Å². The summed E-state index contributed by atoms with van der Waals surface area (Å²) in [4.78, 5) is 24.1. The van der Waals surface area contributed by atoms with Crippen molar-refractivity contribution in [3.8, 4) is 0 Å². The number of likely N-dealkylation sites (N-methyl/N-ethyl adjacent to an activating group) is 1. The fourth-order valence-corrected chi connectivity index (χ4v) is 1.17. The second kappa shape index (κ2) is 8.53. The van der Waals surface area contributed by atoms with Gasteiger partial charge in [0, 0.05) is 25.9 Å². The number of nitrogens with zero attached hydrogens (tertiary/aromatic N) is 1. The Morgan fingerprint density at radius 2 is 2.07 bits per heavy atom. The van der Waals surface area contributed by atoms with Crippen LogP contribution in [0.1, 0.15) is 26.2 Å². The molecule has 2 amide bonds. The highest BCUT2D eigenvalue weighted by Crippen LogP contribution is 1.96. The minimum absolute atomic E-state index is 0.0395. The topological polar surface area (TPSA) is 49.4 Å². The molecule has 0 aliphatic rings. The fraction of sp³-hybridized carbons (Fsp3) is 0.800. The maximum absolute atomic E-state index is 11.4. The van der Waals surface area contributed by atoms with Crippen LogP contribution >= 0.6 is 11.6 Å². The second-order valence-electron chi connectivity index (χ2n) is 3.39. The van der Waals surface area contributed by atoms with Gasteiger partial charge in [-0.25, -0.2) is 0 Å². The molecule has 0 aromatic rings. The van der Waals surface area contributed by atoms with E-state index < -0.39 is 0 Å². The highest BCUT2D eigenvalue weighted by molar-refractivity contribution is 6.17. The van der Waals surface area contributed by atoms with Crippen molar-refractivity contribution in [2.45, 2.75) is 26.2 Å². The van der Waals surface area contributed by atoms with Gasteiger partial charge in [-0.2, -0.15) is 0 Å². The minimum atomic E-state index is -0.112. The second-order valence-corrected chi connectivity index (χ2v) is 3.77. The van der Waals surface area contributed by atoms with E-state index in [9.17, 15) is 9.59 Å². The van der Waals surface area contributed by atoms with E-state index in [0.29, 0.717) is 25.3 Å². The molecule has 0 heterocycles. The van der Waals surface area contributed by atoms with Crippen molar-refractivity contribution in [2.24, 2.45) is 0 Å². The zero-order valence-electron chi connectivity index (χ0n) is 9.38. The number of amides is 2. The number of nitrogens with one attached hydrogen (secondary N) is 1. The van der Waals surface area contributed by atoms with Crippen LogP contribution in [-0.4, -0.2) is 42.7 Å². The lowest BCUT2D eigenvalue weighted by molar-refractivity contribution is -0.134. The Labute approximate surface area is 96.0 Å². The van der Waals surface area contributed by atoms with Gasteiger partial charge in [-0.1, -0.05) is 6.92 Å². The molecule has 5 heteroatoms. The van der Waals surface area contributed by atoms with E-state index in [2.05, 4.69) is 5.32 Å². The lowest BCUT2D eigenvalue weighted by atomic mass is 10.3. The summed E-state index contributed by atoms with van der Waals surface area (Å²) in [7, 11) is 1.63. The number of hydrogen-bond acceptors (Lipinski definition) is 2. The lowest BCUT2D eigenvalue weighted by Crippen LogP contribution is -2.38. The monoisotopic (exact) mass is 234 g/mol. The Balaban J connectivity index is 3.75. The molecule has 15 heavy (non-hydrogen) atoms. The average Bonchev–Trinajstić information content (AvgIpc) is 2.22. The van der Waals surface area contributed by atoms with Gasteiger partial charge < -0.3 is 10.2 Å². The van der Waals surface area contributed by atoms with Gasteiger partial charge in [0.2, 0.25) is 11.8 Å². The smallest absolute Gasteiger partial charge is 0.239 e. The third kappa shape index (κ3) is 7.19. The molecule has 0 aliphatic heterocycles. The summed E-state index contributed by atoms with van der Waals surface area (Å²) in [6.45, 7) is 2.76. The molecule has 0 atom stereocenters. The number of halogens is 1. The van der Waals surface area contributed by atoms with Gasteiger partial charge in [0.15, 0.2) is 0 Å².